The summed E-state index contributed by atoms with van der Waals surface area (Å²) in [5.74, 6) is 0.761. The third-order valence-corrected chi connectivity index (χ3v) is 5.47. The molecule has 3 heterocycles. The maximum absolute atomic E-state index is 12.3. The molecule has 0 unspecified atom stereocenters. The van der Waals surface area contributed by atoms with Gasteiger partial charge < -0.3 is 15.6 Å². The van der Waals surface area contributed by atoms with Crippen molar-refractivity contribution in [3.05, 3.63) is 48.3 Å². The fourth-order valence-electron chi connectivity index (χ4n) is 3.59. The summed E-state index contributed by atoms with van der Waals surface area (Å²) in [5, 5.41) is 15.2. The van der Waals surface area contributed by atoms with E-state index in [-0.39, 0.29) is 5.41 Å². The van der Waals surface area contributed by atoms with Gasteiger partial charge in [0.2, 0.25) is 5.88 Å². The Hall–Kier alpha value is -3.88. The van der Waals surface area contributed by atoms with Crippen LogP contribution in [0.3, 0.4) is 0 Å². The molecule has 0 radical (unpaired) electrons. The Labute approximate surface area is 185 Å². The van der Waals surface area contributed by atoms with Crippen LogP contribution in [0.15, 0.2) is 47.1 Å². The fraction of sp³-hybridized carbons (Fsp3) is 0.304. The zero-order valence-electron chi connectivity index (χ0n) is 18.2. The monoisotopic (exact) mass is 431 g/mol. The maximum Gasteiger partial charge on any atom is 0.326 e. The van der Waals surface area contributed by atoms with Gasteiger partial charge in [-0.1, -0.05) is 38.1 Å². The highest BCUT2D eigenvalue weighted by molar-refractivity contribution is 6.01. The van der Waals surface area contributed by atoms with Crippen LogP contribution in [0.5, 0.6) is 0 Å². The Morgan fingerprint density at radius 3 is 2.56 bits per heavy atom. The number of nitrogen functional groups attached to an aromatic ring is 1. The minimum absolute atomic E-state index is 0.161. The van der Waals surface area contributed by atoms with Crippen LogP contribution >= 0.6 is 0 Å². The lowest BCUT2D eigenvalue weighted by Crippen LogP contribution is -2.19. The topological polar surface area (TPSA) is 124 Å². The van der Waals surface area contributed by atoms with Crippen LogP contribution in [0.2, 0.25) is 0 Å². The molecule has 0 atom stereocenters. The summed E-state index contributed by atoms with van der Waals surface area (Å²) in [6.07, 6.45) is 3.96. The van der Waals surface area contributed by atoms with E-state index >= 15 is 0 Å². The first-order chi connectivity index (χ1) is 15.3. The smallest absolute Gasteiger partial charge is 0.326 e. The molecule has 0 spiro atoms. The van der Waals surface area contributed by atoms with Crippen molar-refractivity contribution >= 4 is 34.3 Å². The molecule has 32 heavy (non-hydrogen) atoms. The van der Waals surface area contributed by atoms with Gasteiger partial charge in [0, 0.05) is 28.9 Å². The van der Waals surface area contributed by atoms with E-state index in [1.165, 1.54) is 0 Å². The maximum atomic E-state index is 12.3. The molecule has 1 aliphatic rings. The van der Waals surface area contributed by atoms with Crippen LogP contribution < -0.4 is 16.4 Å². The number of rotatable bonds is 4. The van der Waals surface area contributed by atoms with Gasteiger partial charge in [-0.3, -0.25) is 10.00 Å². The van der Waals surface area contributed by atoms with E-state index in [2.05, 4.69) is 20.8 Å². The summed E-state index contributed by atoms with van der Waals surface area (Å²) in [6, 6.07) is 11.2. The molecule has 1 saturated carbocycles. The SMILES string of the molecule is CC(C)(C)c1cc(NC(=O)Nc2ccc(-c3nn(C4CC4)c4ccnc(N)c34)cc2)on1. The highest BCUT2D eigenvalue weighted by Crippen LogP contribution is 2.40. The molecule has 9 nitrogen and oxygen atoms in total. The molecular weight excluding hydrogens is 406 g/mol. The Bertz CT molecular complexity index is 1290. The Kier molecular flexibility index (Phi) is 4.61. The first-order valence-corrected chi connectivity index (χ1v) is 10.6. The van der Waals surface area contributed by atoms with Crippen molar-refractivity contribution in [1.29, 1.82) is 0 Å². The predicted molar refractivity (Wildman–Crippen MR) is 123 cm³/mol. The van der Waals surface area contributed by atoms with E-state index in [0.29, 0.717) is 23.4 Å². The van der Waals surface area contributed by atoms with Crippen molar-refractivity contribution < 1.29 is 9.32 Å². The standard InChI is InChI=1S/C23H25N7O2/c1-23(2,3)17-12-18(32-29-17)27-22(31)26-14-6-4-13(5-7-14)20-19-16(10-11-25-21(19)24)30(28-20)15-8-9-15/h4-7,10-12,15H,8-9H2,1-3H3,(H2,24,25)(H2,26,27,31). The number of nitrogens with one attached hydrogen (secondary N) is 2. The number of carbonyl (C=O) groups excluding carboxylic acids is 1. The van der Waals surface area contributed by atoms with Crippen LogP contribution in [0.4, 0.5) is 22.2 Å². The van der Waals surface area contributed by atoms with Gasteiger partial charge in [0.1, 0.15) is 11.5 Å². The Balaban J connectivity index is 1.34. The molecule has 2 amide bonds. The Morgan fingerprint density at radius 2 is 1.91 bits per heavy atom. The van der Waals surface area contributed by atoms with Gasteiger partial charge >= 0.3 is 6.03 Å². The van der Waals surface area contributed by atoms with E-state index in [4.69, 9.17) is 15.4 Å². The molecule has 1 aromatic carbocycles. The van der Waals surface area contributed by atoms with E-state index in [0.717, 1.165) is 40.7 Å². The summed E-state index contributed by atoms with van der Waals surface area (Å²) in [7, 11) is 0. The third kappa shape index (κ3) is 3.77. The predicted octanol–water partition coefficient (Wildman–Crippen LogP) is 4.94. The summed E-state index contributed by atoms with van der Waals surface area (Å²) in [5.41, 5.74) is 10.1. The van der Waals surface area contributed by atoms with Crippen molar-refractivity contribution in [2.75, 3.05) is 16.4 Å². The number of benzene rings is 1. The molecule has 0 aliphatic heterocycles. The number of carbonyl (C=O) groups is 1. The molecule has 0 saturated heterocycles. The number of hydrogen-bond donors (Lipinski definition) is 3. The number of pyridine rings is 1. The summed E-state index contributed by atoms with van der Waals surface area (Å²) in [4.78, 5) is 16.6. The zero-order valence-corrected chi connectivity index (χ0v) is 18.2. The number of hydrogen-bond acceptors (Lipinski definition) is 6. The second kappa shape index (κ2) is 7.37. The van der Waals surface area contributed by atoms with Crippen molar-refractivity contribution in [1.82, 2.24) is 19.9 Å². The van der Waals surface area contributed by atoms with Crippen molar-refractivity contribution in [2.45, 2.75) is 45.1 Å². The van der Waals surface area contributed by atoms with Gasteiger partial charge in [-0.2, -0.15) is 5.10 Å². The highest BCUT2D eigenvalue weighted by atomic mass is 16.5. The number of urea groups is 1. The summed E-state index contributed by atoms with van der Waals surface area (Å²) < 4.78 is 7.25. The van der Waals surface area contributed by atoms with Crippen molar-refractivity contribution in [2.24, 2.45) is 0 Å². The molecule has 5 rings (SSSR count). The number of aromatic nitrogens is 4. The molecule has 0 bridgehead atoms. The Morgan fingerprint density at radius 1 is 1.16 bits per heavy atom. The number of amides is 2. The minimum Gasteiger partial charge on any atom is -0.383 e. The number of nitrogens with zero attached hydrogens (tertiary/aromatic N) is 4. The van der Waals surface area contributed by atoms with Gasteiger partial charge in [-0.25, -0.2) is 9.78 Å². The molecule has 9 heteroatoms. The van der Waals surface area contributed by atoms with Crippen molar-refractivity contribution in [3.63, 3.8) is 0 Å². The van der Waals surface area contributed by atoms with Gasteiger partial charge in [-0.05, 0) is 31.0 Å². The fourth-order valence-corrected chi connectivity index (χ4v) is 3.59. The number of anilines is 3. The minimum atomic E-state index is -0.411. The lowest BCUT2D eigenvalue weighted by molar-refractivity contribution is 0.261. The zero-order chi connectivity index (χ0) is 22.5. The lowest BCUT2D eigenvalue weighted by atomic mass is 9.92. The van der Waals surface area contributed by atoms with Gasteiger partial charge in [0.05, 0.1) is 22.6 Å². The average Bonchev–Trinajstić information content (AvgIpc) is 3.33. The van der Waals surface area contributed by atoms with E-state index in [1.54, 1.807) is 12.3 Å². The average molecular weight is 432 g/mol. The third-order valence-electron chi connectivity index (χ3n) is 5.47. The van der Waals surface area contributed by atoms with Gasteiger partial charge in [0.25, 0.3) is 0 Å². The van der Waals surface area contributed by atoms with Crippen LogP contribution in [0.1, 0.15) is 45.3 Å². The van der Waals surface area contributed by atoms with Crippen LogP contribution in [-0.2, 0) is 5.41 Å². The second-order valence-corrected chi connectivity index (χ2v) is 9.10. The van der Waals surface area contributed by atoms with Crippen LogP contribution in [0.25, 0.3) is 22.2 Å². The number of fused-ring (bicyclic) bond motifs is 1. The largest absolute Gasteiger partial charge is 0.383 e. The van der Waals surface area contributed by atoms with E-state index in [9.17, 15) is 4.79 Å². The van der Waals surface area contributed by atoms with Crippen LogP contribution in [0, 0.1) is 0 Å². The van der Waals surface area contributed by atoms with E-state index in [1.807, 2.05) is 55.8 Å². The van der Waals surface area contributed by atoms with Crippen LogP contribution in [-0.4, -0.2) is 26.0 Å². The molecule has 1 aliphatic carbocycles. The second-order valence-electron chi connectivity index (χ2n) is 9.10. The molecular formula is C23H25N7O2. The first-order valence-electron chi connectivity index (χ1n) is 10.6. The lowest BCUT2D eigenvalue weighted by Gasteiger charge is -2.12. The number of nitrogens with two attached hydrogens (primary N) is 1. The molecule has 4 aromatic rings. The molecule has 164 valence electrons. The normalized spacial score (nSPS) is 14.0. The summed E-state index contributed by atoms with van der Waals surface area (Å²) >= 11 is 0. The quantitative estimate of drug-likeness (QED) is 0.420. The summed E-state index contributed by atoms with van der Waals surface area (Å²) in [6.45, 7) is 6.07. The van der Waals surface area contributed by atoms with Crippen molar-refractivity contribution in [3.8, 4) is 11.3 Å². The first kappa shape index (κ1) is 20.0. The van der Waals surface area contributed by atoms with Gasteiger partial charge in [-0.15, -0.1) is 0 Å². The highest BCUT2D eigenvalue weighted by Gasteiger charge is 2.28. The molecule has 3 aromatic heterocycles. The molecule has 1 fully saturated rings. The van der Waals surface area contributed by atoms with Gasteiger partial charge in [0.15, 0.2) is 0 Å². The molecule has 4 N–H and O–H groups in total. The van der Waals surface area contributed by atoms with E-state index < -0.39 is 6.03 Å².